The van der Waals surface area contributed by atoms with Crippen LogP contribution in [0.5, 0.6) is 0 Å². The maximum absolute atomic E-state index is 12.0. The van der Waals surface area contributed by atoms with Gasteiger partial charge in [0.05, 0.1) is 12.5 Å². The van der Waals surface area contributed by atoms with E-state index in [9.17, 15) is 4.79 Å². The highest BCUT2D eigenvalue weighted by molar-refractivity contribution is 5.82. The maximum atomic E-state index is 12.0. The number of carbonyl (C=O) groups excluding carboxylic acids is 1. The van der Waals surface area contributed by atoms with E-state index in [0.29, 0.717) is 25.6 Å². The minimum Gasteiger partial charge on any atom is -0.376 e. The Morgan fingerprint density at radius 3 is 2.57 bits per heavy atom. The maximum Gasteiger partial charge on any atom is 0.166 e. The second kappa shape index (κ2) is 8.27. The van der Waals surface area contributed by atoms with Gasteiger partial charge in [0.1, 0.15) is 5.78 Å². The Balaban J connectivity index is 1.80. The number of rotatable bonds is 7. The molecule has 0 aromatic heterocycles. The summed E-state index contributed by atoms with van der Waals surface area (Å²) >= 11 is 0. The highest BCUT2D eigenvalue weighted by Crippen LogP contribution is 2.30. The van der Waals surface area contributed by atoms with Crippen molar-refractivity contribution < 1.29 is 19.0 Å². The fourth-order valence-electron chi connectivity index (χ4n) is 2.90. The summed E-state index contributed by atoms with van der Waals surface area (Å²) in [5.41, 5.74) is 1.17. The molecule has 1 aliphatic rings. The average molecular weight is 292 g/mol. The molecule has 0 aliphatic heterocycles. The predicted molar refractivity (Wildman–Crippen MR) is 79.7 cm³/mol. The molecule has 1 fully saturated rings. The molecule has 0 saturated heterocycles. The Morgan fingerprint density at radius 1 is 1.19 bits per heavy atom. The quantitative estimate of drug-likeness (QED) is 0.725. The molecule has 116 valence electrons. The number of benzene rings is 1. The van der Waals surface area contributed by atoms with Crippen LogP contribution in [0.15, 0.2) is 30.3 Å². The monoisotopic (exact) mass is 292 g/mol. The molecular formula is C17H24O4. The molecule has 0 N–H and O–H groups in total. The Morgan fingerprint density at radius 2 is 1.90 bits per heavy atom. The zero-order chi connectivity index (χ0) is 15.1. The van der Waals surface area contributed by atoms with Crippen molar-refractivity contribution in [1.29, 1.82) is 0 Å². The van der Waals surface area contributed by atoms with Crippen LogP contribution in [-0.4, -0.2) is 32.9 Å². The van der Waals surface area contributed by atoms with Crippen LogP contribution in [-0.2, 0) is 25.6 Å². The molecule has 0 bridgehead atoms. The van der Waals surface area contributed by atoms with Crippen molar-refractivity contribution in [3.8, 4) is 0 Å². The number of hydrogen-bond donors (Lipinski definition) is 0. The van der Waals surface area contributed by atoms with E-state index in [0.717, 1.165) is 12.8 Å². The molecule has 4 nitrogen and oxygen atoms in total. The number of ketones is 1. The zero-order valence-electron chi connectivity index (χ0n) is 12.8. The highest BCUT2D eigenvalue weighted by atomic mass is 16.7. The smallest absolute Gasteiger partial charge is 0.166 e. The van der Waals surface area contributed by atoms with Crippen molar-refractivity contribution >= 4 is 5.78 Å². The highest BCUT2D eigenvalue weighted by Gasteiger charge is 2.34. The van der Waals surface area contributed by atoms with Crippen molar-refractivity contribution in [2.24, 2.45) is 11.8 Å². The summed E-state index contributed by atoms with van der Waals surface area (Å²) in [6.07, 6.45) is 1.83. The van der Waals surface area contributed by atoms with E-state index in [1.165, 1.54) is 5.56 Å². The fourth-order valence-corrected chi connectivity index (χ4v) is 2.90. The Hall–Kier alpha value is -1.23. The van der Waals surface area contributed by atoms with Crippen molar-refractivity contribution in [2.45, 2.75) is 32.2 Å². The molecule has 0 radical (unpaired) electrons. The molecule has 1 saturated carbocycles. The molecule has 2 atom stereocenters. The standard InChI is InChI=1S/C17H24O4/c1-19-17(20-2)15-10-14(8-9-16(15)18)12-21-11-13-6-4-3-5-7-13/h3-7,14-15,17H,8-12H2,1-2H3. The summed E-state index contributed by atoms with van der Waals surface area (Å²) in [5.74, 6) is 0.464. The third-order valence-corrected chi connectivity index (χ3v) is 4.06. The van der Waals surface area contributed by atoms with E-state index in [4.69, 9.17) is 14.2 Å². The van der Waals surface area contributed by atoms with Gasteiger partial charge in [-0.3, -0.25) is 4.79 Å². The largest absolute Gasteiger partial charge is 0.376 e. The lowest BCUT2D eigenvalue weighted by molar-refractivity contribution is -0.164. The van der Waals surface area contributed by atoms with Gasteiger partial charge < -0.3 is 14.2 Å². The molecule has 4 heteroatoms. The van der Waals surface area contributed by atoms with E-state index in [1.807, 2.05) is 18.2 Å². The summed E-state index contributed by atoms with van der Waals surface area (Å²) in [6.45, 7) is 1.30. The number of Topliss-reactive ketones (excluding diaryl/α,β-unsaturated/α-hetero) is 1. The van der Waals surface area contributed by atoms with Crippen molar-refractivity contribution in [1.82, 2.24) is 0 Å². The normalized spacial score (nSPS) is 22.7. The van der Waals surface area contributed by atoms with Gasteiger partial charge in [0.2, 0.25) is 0 Å². The van der Waals surface area contributed by atoms with Gasteiger partial charge >= 0.3 is 0 Å². The summed E-state index contributed by atoms with van der Waals surface area (Å²) in [6, 6.07) is 10.1. The average Bonchev–Trinajstić information content (AvgIpc) is 2.52. The first-order valence-electron chi connectivity index (χ1n) is 7.44. The Kier molecular flexibility index (Phi) is 6.36. The van der Waals surface area contributed by atoms with Crippen molar-refractivity contribution in [3.63, 3.8) is 0 Å². The number of hydrogen-bond acceptors (Lipinski definition) is 4. The first kappa shape index (κ1) is 16.1. The minimum atomic E-state index is -0.436. The van der Waals surface area contributed by atoms with Gasteiger partial charge in [-0.2, -0.15) is 0 Å². The molecular weight excluding hydrogens is 268 g/mol. The lowest BCUT2D eigenvalue weighted by Gasteiger charge is -2.31. The minimum absolute atomic E-state index is 0.168. The van der Waals surface area contributed by atoms with Gasteiger partial charge in [0.25, 0.3) is 0 Å². The predicted octanol–water partition coefficient (Wildman–Crippen LogP) is 2.81. The van der Waals surface area contributed by atoms with E-state index < -0.39 is 6.29 Å². The van der Waals surface area contributed by atoms with Crippen molar-refractivity contribution in [2.75, 3.05) is 20.8 Å². The molecule has 2 rings (SSSR count). The van der Waals surface area contributed by atoms with E-state index in [-0.39, 0.29) is 11.7 Å². The summed E-state index contributed by atoms with van der Waals surface area (Å²) in [4.78, 5) is 12.0. The van der Waals surface area contributed by atoms with Crippen molar-refractivity contribution in [3.05, 3.63) is 35.9 Å². The first-order valence-corrected chi connectivity index (χ1v) is 7.44. The molecule has 21 heavy (non-hydrogen) atoms. The van der Waals surface area contributed by atoms with Gasteiger partial charge in [0.15, 0.2) is 6.29 Å². The lowest BCUT2D eigenvalue weighted by Crippen LogP contribution is -2.37. The topological polar surface area (TPSA) is 44.8 Å². The molecule has 0 heterocycles. The van der Waals surface area contributed by atoms with E-state index in [2.05, 4.69) is 12.1 Å². The summed E-state index contributed by atoms with van der Waals surface area (Å²) in [5, 5.41) is 0. The third kappa shape index (κ3) is 4.63. The van der Waals surface area contributed by atoms with Crippen LogP contribution < -0.4 is 0 Å². The van der Waals surface area contributed by atoms with Gasteiger partial charge in [-0.25, -0.2) is 0 Å². The van der Waals surface area contributed by atoms with Crippen LogP contribution in [0, 0.1) is 11.8 Å². The van der Waals surface area contributed by atoms with Gasteiger partial charge in [-0.1, -0.05) is 30.3 Å². The molecule has 1 aromatic carbocycles. The van der Waals surface area contributed by atoms with Gasteiger partial charge in [0, 0.05) is 27.2 Å². The van der Waals surface area contributed by atoms with Crippen LogP contribution in [0.3, 0.4) is 0 Å². The summed E-state index contributed by atoms with van der Waals surface area (Å²) < 4.78 is 16.3. The van der Waals surface area contributed by atoms with E-state index in [1.54, 1.807) is 14.2 Å². The number of methoxy groups -OCH3 is 2. The second-order valence-electron chi connectivity index (χ2n) is 5.55. The molecule has 1 aromatic rings. The van der Waals surface area contributed by atoms with Gasteiger partial charge in [-0.15, -0.1) is 0 Å². The Labute approximate surface area is 126 Å². The van der Waals surface area contributed by atoms with Crippen LogP contribution >= 0.6 is 0 Å². The first-order chi connectivity index (χ1) is 10.2. The number of ether oxygens (including phenoxy) is 3. The molecule has 0 amide bonds. The van der Waals surface area contributed by atoms with Crippen LogP contribution in [0.2, 0.25) is 0 Å². The van der Waals surface area contributed by atoms with Gasteiger partial charge in [-0.05, 0) is 24.3 Å². The zero-order valence-corrected chi connectivity index (χ0v) is 12.8. The molecule has 0 spiro atoms. The van der Waals surface area contributed by atoms with Crippen LogP contribution in [0.4, 0.5) is 0 Å². The second-order valence-corrected chi connectivity index (χ2v) is 5.55. The number of carbonyl (C=O) groups is 1. The molecule has 2 unspecified atom stereocenters. The SMILES string of the molecule is COC(OC)C1CC(COCc2ccccc2)CCC1=O. The van der Waals surface area contributed by atoms with E-state index >= 15 is 0 Å². The lowest BCUT2D eigenvalue weighted by atomic mass is 9.80. The Bertz CT molecular complexity index is 428. The van der Waals surface area contributed by atoms with Crippen LogP contribution in [0.25, 0.3) is 0 Å². The third-order valence-electron chi connectivity index (χ3n) is 4.06. The summed E-state index contributed by atoms with van der Waals surface area (Å²) in [7, 11) is 3.16. The molecule has 1 aliphatic carbocycles. The fraction of sp³-hybridized carbons (Fsp3) is 0.588. The van der Waals surface area contributed by atoms with Crippen LogP contribution in [0.1, 0.15) is 24.8 Å².